The van der Waals surface area contributed by atoms with E-state index in [1.807, 2.05) is 0 Å². The first-order chi connectivity index (χ1) is 19.5. The lowest BCUT2D eigenvalue weighted by Gasteiger charge is -2.27. The number of hydrogen-bond donors (Lipinski definition) is 4. The second kappa shape index (κ2) is 12.2. The summed E-state index contributed by atoms with van der Waals surface area (Å²) in [4.78, 5) is 32.7. The van der Waals surface area contributed by atoms with Crippen LogP contribution < -0.4 is 15.4 Å². The first-order valence-corrected chi connectivity index (χ1v) is 13.5. The molecule has 3 aromatic carbocycles. The molecule has 1 unspecified atom stereocenters. The molecule has 4 aromatic rings. The number of nitrogens with zero attached hydrogens (tertiary/aromatic N) is 3. The molecule has 0 spiro atoms. The molecule has 1 aliphatic heterocycles. The fourth-order valence-corrected chi connectivity index (χ4v) is 5.36. The van der Waals surface area contributed by atoms with E-state index in [2.05, 4.69) is 21.7 Å². The molecule has 0 aliphatic carbocycles. The predicted molar refractivity (Wildman–Crippen MR) is 150 cm³/mol. The van der Waals surface area contributed by atoms with Crippen molar-refractivity contribution in [3.8, 4) is 11.8 Å². The molecule has 1 aliphatic rings. The topological polar surface area (TPSA) is 148 Å². The molecule has 11 heteroatoms. The van der Waals surface area contributed by atoms with Crippen LogP contribution in [0.5, 0.6) is 5.75 Å². The predicted octanol–water partition coefficient (Wildman–Crippen LogP) is 2.96. The number of thiazole rings is 1. The van der Waals surface area contributed by atoms with E-state index in [1.54, 1.807) is 65.6 Å². The van der Waals surface area contributed by atoms with Gasteiger partial charge in [-0.15, -0.1) is 0 Å². The van der Waals surface area contributed by atoms with Gasteiger partial charge in [-0.25, -0.2) is 4.98 Å². The van der Waals surface area contributed by atoms with E-state index in [4.69, 9.17) is 10.00 Å². The summed E-state index contributed by atoms with van der Waals surface area (Å²) in [5, 5.41) is 34.7. The van der Waals surface area contributed by atoms with Crippen molar-refractivity contribution < 1.29 is 24.5 Å². The molecule has 2 heterocycles. The second-order valence-electron chi connectivity index (χ2n) is 9.21. The molecular weight excluding hydrogens is 530 g/mol. The summed E-state index contributed by atoms with van der Waals surface area (Å²) in [6, 6.07) is 18.7. The zero-order valence-corrected chi connectivity index (χ0v) is 22.3. The van der Waals surface area contributed by atoms with E-state index in [-0.39, 0.29) is 19.1 Å². The van der Waals surface area contributed by atoms with Crippen LogP contribution in [0.15, 0.2) is 60.7 Å². The van der Waals surface area contributed by atoms with Crippen molar-refractivity contribution in [2.45, 2.75) is 19.3 Å². The number of aliphatic hydroxyl groups is 2. The Balaban J connectivity index is 1.41. The largest absolute Gasteiger partial charge is 0.476 e. The van der Waals surface area contributed by atoms with Crippen LogP contribution in [0.2, 0.25) is 0 Å². The minimum Gasteiger partial charge on any atom is -0.476 e. The molecule has 1 atom stereocenters. The first-order valence-electron chi connectivity index (χ1n) is 12.7. The smallest absolute Gasteiger partial charge is 0.271 e. The summed E-state index contributed by atoms with van der Waals surface area (Å²) in [7, 11) is 0. The fourth-order valence-electron chi connectivity index (χ4n) is 4.45. The molecule has 1 aromatic heterocycles. The Morgan fingerprint density at radius 1 is 1.05 bits per heavy atom. The molecule has 204 valence electrons. The third kappa shape index (κ3) is 5.95. The van der Waals surface area contributed by atoms with Gasteiger partial charge in [0.25, 0.3) is 11.8 Å². The van der Waals surface area contributed by atoms with Gasteiger partial charge in [0.05, 0.1) is 35.1 Å². The number of carbonyl (C=O) groups is 2. The lowest BCUT2D eigenvalue weighted by Crippen LogP contribution is -2.46. The van der Waals surface area contributed by atoms with Gasteiger partial charge in [-0.05, 0) is 59.7 Å². The van der Waals surface area contributed by atoms with Gasteiger partial charge in [0.2, 0.25) is 6.10 Å². The number of ether oxygens (including phenoxy) is 1. The standard InChI is InChI=1S/C29H27N5O5S/c30-15-18-1-7-23(8-2-18)39-26(19-3-5-20(6-4-19)28(38)34-11-9-31-10-12-34)27(37)33-29-32-24-13-21(16-35)22(17-36)14-25(24)40-29/h1-8,13-14,26,31,35-36H,9-12,16-17H2,(H,32,33,37). The van der Waals surface area contributed by atoms with E-state index < -0.39 is 12.0 Å². The molecule has 2 amide bonds. The van der Waals surface area contributed by atoms with Gasteiger partial charge in [0, 0.05) is 37.3 Å². The monoisotopic (exact) mass is 557 g/mol. The van der Waals surface area contributed by atoms with E-state index in [0.29, 0.717) is 57.3 Å². The Morgan fingerprint density at radius 3 is 2.38 bits per heavy atom. The lowest BCUT2D eigenvalue weighted by molar-refractivity contribution is -0.123. The van der Waals surface area contributed by atoms with E-state index in [0.717, 1.165) is 17.8 Å². The molecule has 0 bridgehead atoms. The van der Waals surface area contributed by atoms with Gasteiger partial charge in [-0.1, -0.05) is 23.5 Å². The third-order valence-corrected chi connectivity index (χ3v) is 7.55. The molecule has 1 saturated heterocycles. The molecule has 0 radical (unpaired) electrons. The molecule has 4 N–H and O–H groups in total. The van der Waals surface area contributed by atoms with Crippen LogP contribution >= 0.6 is 11.3 Å². The number of nitrogens with one attached hydrogen (secondary N) is 2. The van der Waals surface area contributed by atoms with Gasteiger partial charge in [-0.3, -0.25) is 14.9 Å². The Kier molecular flexibility index (Phi) is 8.33. The number of amides is 2. The van der Waals surface area contributed by atoms with Crippen molar-refractivity contribution in [1.29, 1.82) is 5.26 Å². The van der Waals surface area contributed by atoms with Gasteiger partial charge in [0.15, 0.2) is 5.13 Å². The maximum absolute atomic E-state index is 13.5. The maximum atomic E-state index is 13.5. The SMILES string of the molecule is N#Cc1ccc(OC(C(=O)Nc2nc3cc(CO)c(CO)cc3s2)c2ccc(C(=O)N3CCNCC3)cc2)cc1. The number of carbonyl (C=O) groups excluding carboxylic acids is 2. The Bertz CT molecular complexity index is 1520. The van der Waals surface area contributed by atoms with Crippen molar-refractivity contribution in [2.75, 3.05) is 31.5 Å². The highest BCUT2D eigenvalue weighted by Gasteiger charge is 2.26. The molecule has 40 heavy (non-hydrogen) atoms. The number of aromatic nitrogens is 1. The van der Waals surface area contributed by atoms with Crippen molar-refractivity contribution in [3.63, 3.8) is 0 Å². The molecule has 10 nitrogen and oxygen atoms in total. The number of aliphatic hydroxyl groups excluding tert-OH is 2. The Labute approximate surface area is 234 Å². The molecule has 5 rings (SSSR count). The summed E-state index contributed by atoms with van der Waals surface area (Å²) in [6.07, 6.45) is -1.08. The maximum Gasteiger partial charge on any atom is 0.271 e. The van der Waals surface area contributed by atoms with Crippen LogP contribution in [0.1, 0.15) is 38.7 Å². The number of benzene rings is 3. The van der Waals surface area contributed by atoms with Crippen LogP contribution in [0.25, 0.3) is 10.2 Å². The second-order valence-corrected chi connectivity index (χ2v) is 10.2. The highest BCUT2D eigenvalue weighted by atomic mass is 32.1. The number of anilines is 1. The summed E-state index contributed by atoms with van der Waals surface area (Å²) < 4.78 is 6.83. The van der Waals surface area contributed by atoms with Gasteiger partial charge in [0.1, 0.15) is 5.75 Å². The minimum absolute atomic E-state index is 0.0685. The van der Waals surface area contributed by atoms with Crippen LogP contribution in [0, 0.1) is 11.3 Å². The fraction of sp³-hybridized carbons (Fsp3) is 0.241. The number of fused-ring (bicyclic) bond motifs is 1. The first kappa shape index (κ1) is 27.2. The van der Waals surface area contributed by atoms with E-state index in [1.165, 1.54) is 11.3 Å². The summed E-state index contributed by atoms with van der Waals surface area (Å²) in [5.41, 5.74) is 3.26. The average Bonchev–Trinajstić information content (AvgIpc) is 3.40. The van der Waals surface area contributed by atoms with E-state index in [9.17, 15) is 19.8 Å². The third-order valence-electron chi connectivity index (χ3n) is 6.62. The normalized spacial score (nSPS) is 14.0. The van der Waals surface area contributed by atoms with Gasteiger partial charge >= 0.3 is 0 Å². The number of nitriles is 1. The Hall–Kier alpha value is -4.34. The lowest BCUT2D eigenvalue weighted by atomic mass is 10.0. The van der Waals surface area contributed by atoms with Crippen molar-refractivity contribution in [2.24, 2.45) is 0 Å². The zero-order chi connectivity index (χ0) is 28.1. The summed E-state index contributed by atoms with van der Waals surface area (Å²) in [5.74, 6) is -0.153. The zero-order valence-electron chi connectivity index (χ0n) is 21.5. The molecule has 0 saturated carbocycles. The highest BCUT2D eigenvalue weighted by Crippen LogP contribution is 2.31. The summed E-state index contributed by atoms with van der Waals surface area (Å²) >= 11 is 1.24. The summed E-state index contributed by atoms with van der Waals surface area (Å²) in [6.45, 7) is 2.31. The van der Waals surface area contributed by atoms with Gasteiger partial charge in [-0.2, -0.15) is 5.26 Å². The van der Waals surface area contributed by atoms with Gasteiger partial charge < -0.3 is 25.2 Å². The average molecular weight is 558 g/mol. The van der Waals surface area contributed by atoms with Crippen molar-refractivity contribution in [3.05, 3.63) is 88.5 Å². The van der Waals surface area contributed by atoms with Crippen molar-refractivity contribution in [1.82, 2.24) is 15.2 Å². The van der Waals surface area contributed by atoms with Crippen LogP contribution in [-0.4, -0.2) is 58.1 Å². The number of piperazine rings is 1. The minimum atomic E-state index is -1.08. The quantitative estimate of drug-likeness (QED) is 0.259. The number of hydrogen-bond acceptors (Lipinski definition) is 9. The Morgan fingerprint density at radius 2 is 1.73 bits per heavy atom. The number of rotatable bonds is 8. The van der Waals surface area contributed by atoms with E-state index >= 15 is 0 Å². The van der Waals surface area contributed by atoms with Crippen LogP contribution in [0.3, 0.4) is 0 Å². The highest BCUT2D eigenvalue weighted by molar-refractivity contribution is 7.22. The van der Waals surface area contributed by atoms with Crippen LogP contribution in [-0.2, 0) is 18.0 Å². The van der Waals surface area contributed by atoms with Crippen LogP contribution in [0.4, 0.5) is 5.13 Å². The molecular formula is C29H27N5O5S. The molecule has 1 fully saturated rings. The van der Waals surface area contributed by atoms with Crippen molar-refractivity contribution >= 4 is 38.5 Å².